The smallest absolute Gasteiger partial charge is 0.310 e. The average molecular weight is 367 g/mol. The fourth-order valence-electron chi connectivity index (χ4n) is 2.60. The van der Waals surface area contributed by atoms with Gasteiger partial charge in [-0.1, -0.05) is 0 Å². The molecule has 0 spiro atoms. The van der Waals surface area contributed by atoms with E-state index in [2.05, 4.69) is 20.1 Å². The molecule has 1 amide bonds. The van der Waals surface area contributed by atoms with E-state index in [0.29, 0.717) is 0 Å². The number of alkyl halides is 2. The minimum atomic E-state index is -3.50. The first-order valence-electron chi connectivity index (χ1n) is 7.59. The minimum absolute atomic E-state index is 0.120. The monoisotopic (exact) mass is 367 g/mol. The molecule has 26 heavy (non-hydrogen) atoms. The van der Waals surface area contributed by atoms with Gasteiger partial charge in [0, 0.05) is 24.5 Å². The number of aliphatic imine (C=N–C) groups is 1. The molecule has 0 bridgehead atoms. The van der Waals surface area contributed by atoms with E-state index in [1.807, 2.05) is 0 Å². The molecule has 1 aromatic carbocycles. The largest absolute Gasteiger partial charge is 0.459 e. The van der Waals surface area contributed by atoms with E-state index in [9.17, 15) is 18.0 Å². The fourth-order valence-corrected chi connectivity index (χ4v) is 2.60. The number of amides is 1. The number of anilines is 1. The molecule has 0 saturated heterocycles. The van der Waals surface area contributed by atoms with E-state index in [0.717, 1.165) is 19.1 Å². The van der Waals surface area contributed by atoms with E-state index in [1.54, 1.807) is 13.2 Å². The van der Waals surface area contributed by atoms with Crippen LogP contribution >= 0.6 is 0 Å². The molecule has 1 atom stereocenters. The Balaban J connectivity index is 1.98. The molecule has 3 rings (SSSR count). The summed E-state index contributed by atoms with van der Waals surface area (Å²) in [6.07, 6.45) is 1.58. The summed E-state index contributed by atoms with van der Waals surface area (Å²) in [4.78, 5) is 15.8. The number of aryl methyl sites for hydroxylation is 1. The second-order valence-corrected chi connectivity index (χ2v) is 6.04. The molecule has 2 aromatic rings. The number of nitrogens with two attached hydrogens (primary N) is 1. The van der Waals surface area contributed by atoms with Gasteiger partial charge < -0.3 is 15.8 Å². The number of nitrogens with one attached hydrogen (secondary N) is 1. The summed E-state index contributed by atoms with van der Waals surface area (Å²) in [6.45, 7) is 0.0357. The van der Waals surface area contributed by atoms with Crippen molar-refractivity contribution < 1.29 is 22.7 Å². The van der Waals surface area contributed by atoms with Crippen LogP contribution in [0, 0.1) is 5.82 Å². The van der Waals surface area contributed by atoms with Gasteiger partial charge in [-0.25, -0.2) is 9.38 Å². The maximum absolute atomic E-state index is 14.4. The number of amidine groups is 1. The van der Waals surface area contributed by atoms with Gasteiger partial charge in [0.05, 0.1) is 0 Å². The number of carbonyl (C=O) groups excluding carboxylic acids is 1. The quantitative estimate of drug-likeness (QED) is 0.868. The first-order chi connectivity index (χ1) is 12.1. The SMILES string of the molecule is Cn1ccc(C(=O)Nc2ccc(F)c([C@@]3(C)N=C(N)OCC3(F)F)c2)n1. The number of benzene rings is 1. The minimum Gasteiger partial charge on any atom is -0.459 e. The van der Waals surface area contributed by atoms with Crippen LogP contribution in [0.1, 0.15) is 23.0 Å². The van der Waals surface area contributed by atoms with Crippen LogP contribution in [0.2, 0.25) is 0 Å². The lowest BCUT2D eigenvalue weighted by atomic mass is 9.85. The third-order valence-electron chi connectivity index (χ3n) is 4.14. The second kappa shape index (κ2) is 6.04. The lowest BCUT2D eigenvalue weighted by Crippen LogP contribution is -2.51. The number of halogens is 3. The van der Waals surface area contributed by atoms with Gasteiger partial charge in [-0.15, -0.1) is 0 Å². The predicted molar refractivity (Wildman–Crippen MR) is 87.4 cm³/mol. The molecule has 0 unspecified atom stereocenters. The Kier molecular flexibility index (Phi) is 4.13. The highest BCUT2D eigenvalue weighted by Gasteiger charge is 2.56. The zero-order chi connectivity index (χ0) is 19.1. The Labute approximate surface area is 146 Å². The van der Waals surface area contributed by atoms with Crippen molar-refractivity contribution >= 4 is 17.6 Å². The zero-order valence-corrected chi connectivity index (χ0v) is 14.0. The molecule has 1 aromatic heterocycles. The standard InChI is InChI=1S/C16H16F3N5O2/c1-15(16(18,19)8-26-14(20)22-15)10-7-9(3-4-11(10)17)21-13(25)12-5-6-24(2)23-12/h3-7H,8H2,1-2H3,(H2,20,22)(H,21,25)/t15-/m1/s1. The number of hydrogen-bond acceptors (Lipinski definition) is 5. The van der Waals surface area contributed by atoms with E-state index >= 15 is 0 Å². The first kappa shape index (κ1) is 17.8. The molecule has 0 saturated carbocycles. The molecule has 7 nitrogen and oxygen atoms in total. The highest BCUT2D eigenvalue weighted by molar-refractivity contribution is 6.02. The molecule has 10 heteroatoms. The summed E-state index contributed by atoms with van der Waals surface area (Å²) < 4.78 is 49.1. The normalized spacial score (nSPS) is 21.7. The van der Waals surface area contributed by atoms with Gasteiger partial charge in [0.25, 0.3) is 11.9 Å². The second-order valence-electron chi connectivity index (χ2n) is 6.04. The fraction of sp³-hybridized carbons (Fsp3) is 0.312. The van der Waals surface area contributed by atoms with Crippen LogP contribution < -0.4 is 11.1 Å². The summed E-state index contributed by atoms with van der Waals surface area (Å²) >= 11 is 0. The summed E-state index contributed by atoms with van der Waals surface area (Å²) in [7, 11) is 1.64. The predicted octanol–water partition coefficient (Wildman–Crippen LogP) is 2.01. The molecule has 2 heterocycles. The van der Waals surface area contributed by atoms with E-state index < -0.39 is 41.4 Å². The zero-order valence-electron chi connectivity index (χ0n) is 14.0. The van der Waals surface area contributed by atoms with Gasteiger partial charge in [-0.2, -0.15) is 13.9 Å². The lowest BCUT2D eigenvalue weighted by molar-refractivity contribution is -0.117. The third kappa shape index (κ3) is 2.98. The molecule has 138 valence electrons. The van der Waals surface area contributed by atoms with Crippen molar-refractivity contribution in [1.82, 2.24) is 9.78 Å². The highest BCUT2D eigenvalue weighted by Crippen LogP contribution is 2.44. The number of carbonyl (C=O) groups is 1. The molecule has 3 N–H and O–H groups in total. The molecule has 1 aliphatic rings. The Morgan fingerprint density at radius 1 is 1.38 bits per heavy atom. The molecular weight excluding hydrogens is 351 g/mol. The summed E-state index contributed by atoms with van der Waals surface area (Å²) in [5.41, 5.74) is 2.97. The number of rotatable bonds is 3. The van der Waals surface area contributed by atoms with Crippen LogP contribution in [0.5, 0.6) is 0 Å². The number of nitrogens with zero attached hydrogens (tertiary/aromatic N) is 3. The van der Waals surface area contributed by atoms with Crippen LogP contribution in [0.3, 0.4) is 0 Å². The Morgan fingerprint density at radius 2 is 2.12 bits per heavy atom. The van der Waals surface area contributed by atoms with Crippen molar-refractivity contribution in [3.05, 3.63) is 47.5 Å². The maximum Gasteiger partial charge on any atom is 0.310 e. The van der Waals surface area contributed by atoms with E-state index in [4.69, 9.17) is 5.73 Å². The van der Waals surface area contributed by atoms with Crippen LogP contribution in [-0.4, -0.2) is 34.2 Å². The van der Waals surface area contributed by atoms with Gasteiger partial charge >= 0.3 is 5.92 Å². The Hall–Kier alpha value is -3.04. The van der Waals surface area contributed by atoms with Crippen molar-refractivity contribution in [2.45, 2.75) is 18.4 Å². The van der Waals surface area contributed by atoms with Crippen LogP contribution in [0.4, 0.5) is 18.9 Å². The Morgan fingerprint density at radius 3 is 2.77 bits per heavy atom. The summed E-state index contributed by atoms with van der Waals surface area (Å²) in [5.74, 6) is -4.96. The third-order valence-corrected chi connectivity index (χ3v) is 4.14. The lowest BCUT2D eigenvalue weighted by Gasteiger charge is -2.37. The summed E-state index contributed by atoms with van der Waals surface area (Å²) in [6, 6.07) is 4.37. The summed E-state index contributed by atoms with van der Waals surface area (Å²) in [5, 5.41) is 6.44. The molecule has 0 fully saturated rings. The van der Waals surface area contributed by atoms with Crippen molar-refractivity contribution in [2.24, 2.45) is 17.8 Å². The van der Waals surface area contributed by atoms with Crippen LogP contribution in [-0.2, 0) is 17.3 Å². The van der Waals surface area contributed by atoms with Gasteiger partial charge in [-0.05, 0) is 31.2 Å². The van der Waals surface area contributed by atoms with E-state index in [-0.39, 0.29) is 11.4 Å². The molecule has 1 aliphatic heterocycles. The number of hydrogen-bond donors (Lipinski definition) is 2. The van der Waals surface area contributed by atoms with Crippen molar-refractivity contribution in [1.29, 1.82) is 0 Å². The van der Waals surface area contributed by atoms with E-state index in [1.165, 1.54) is 16.8 Å². The molecule has 0 aliphatic carbocycles. The highest BCUT2D eigenvalue weighted by atomic mass is 19.3. The molecule has 0 radical (unpaired) electrons. The van der Waals surface area contributed by atoms with Gasteiger partial charge in [0.2, 0.25) is 0 Å². The van der Waals surface area contributed by atoms with Crippen molar-refractivity contribution in [2.75, 3.05) is 11.9 Å². The number of aromatic nitrogens is 2. The average Bonchev–Trinajstić information content (AvgIpc) is 3.00. The van der Waals surface area contributed by atoms with Crippen molar-refractivity contribution in [3.8, 4) is 0 Å². The van der Waals surface area contributed by atoms with Gasteiger partial charge in [0.15, 0.2) is 17.8 Å². The van der Waals surface area contributed by atoms with Crippen LogP contribution in [0.25, 0.3) is 0 Å². The van der Waals surface area contributed by atoms with Crippen LogP contribution in [0.15, 0.2) is 35.5 Å². The molecular formula is C16H16F3N5O2. The topological polar surface area (TPSA) is 94.5 Å². The maximum atomic E-state index is 14.4. The van der Waals surface area contributed by atoms with Gasteiger partial charge in [-0.3, -0.25) is 9.48 Å². The van der Waals surface area contributed by atoms with Crippen molar-refractivity contribution in [3.63, 3.8) is 0 Å². The van der Waals surface area contributed by atoms with Gasteiger partial charge in [0.1, 0.15) is 5.82 Å². The number of ether oxygens (including phenoxy) is 1. The Bertz CT molecular complexity index is 896. The first-order valence-corrected chi connectivity index (χ1v) is 7.59.